The Morgan fingerprint density at radius 2 is 2.00 bits per heavy atom. The van der Waals surface area contributed by atoms with Crippen LogP contribution in [0.15, 0.2) is 0 Å². The number of nitrogens with one attached hydrogen (secondary N) is 2. The maximum atomic E-state index is 7.02. The minimum atomic E-state index is 0.242. The first-order valence-electron chi connectivity index (χ1n) is 4.27. The lowest BCUT2D eigenvalue weighted by Crippen LogP contribution is -2.36. The van der Waals surface area contributed by atoms with Crippen LogP contribution in [0.25, 0.3) is 0 Å². The van der Waals surface area contributed by atoms with Gasteiger partial charge in [-0.25, -0.2) is 0 Å². The monoisotopic (exact) mass is 171 g/mol. The molecule has 0 aliphatic heterocycles. The van der Waals surface area contributed by atoms with Crippen LogP contribution in [0, 0.1) is 0 Å². The molecule has 0 aromatic rings. The SMILES string of the molecule is [NH]CC(=S)NC1CCCCC1. The molecule has 1 saturated carbocycles. The van der Waals surface area contributed by atoms with Crippen LogP contribution in [-0.4, -0.2) is 17.6 Å². The van der Waals surface area contributed by atoms with E-state index in [1.807, 2.05) is 0 Å². The van der Waals surface area contributed by atoms with Crippen molar-refractivity contribution in [3.8, 4) is 0 Å². The highest BCUT2D eigenvalue weighted by molar-refractivity contribution is 7.80. The standard InChI is InChI=1S/C8H15N2S/c9-6-8(11)10-7-4-2-1-3-5-7/h7,9H,1-6H2,(H,10,11). The molecule has 11 heavy (non-hydrogen) atoms. The first-order valence-corrected chi connectivity index (χ1v) is 4.67. The van der Waals surface area contributed by atoms with Crippen LogP contribution >= 0.6 is 12.2 Å². The van der Waals surface area contributed by atoms with E-state index in [9.17, 15) is 0 Å². The summed E-state index contributed by atoms with van der Waals surface area (Å²) >= 11 is 4.94. The Balaban J connectivity index is 2.19. The van der Waals surface area contributed by atoms with Crippen LogP contribution in [0.4, 0.5) is 0 Å². The summed E-state index contributed by atoms with van der Waals surface area (Å²) in [7, 11) is 0. The van der Waals surface area contributed by atoms with Gasteiger partial charge in [0.05, 0.1) is 11.5 Å². The molecular formula is C8H15N2S. The first-order chi connectivity index (χ1) is 5.33. The minimum Gasteiger partial charge on any atom is -0.376 e. The van der Waals surface area contributed by atoms with E-state index < -0.39 is 0 Å². The van der Waals surface area contributed by atoms with Gasteiger partial charge >= 0.3 is 0 Å². The fourth-order valence-corrected chi connectivity index (χ4v) is 1.69. The average Bonchev–Trinajstić information content (AvgIpc) is 2.06. The number of thiocarbonyl (C=S) groups is 1. The van der Waals surface area contributed by atoms with Crippen molar-refractivity contribution in [2.45, 2.75) is 38.1 Å². The maximum Gasteiger partial charge on any atom is 0.0910 e. The fraction of sp³-hybridized carbons (Fsp3) is 0.875. The lowest BCUT2D eigenvalue weighted by molar-refractivity contribution is 0.414. The van der Waals surface area contributed by atoms with Gasteiger partial charge in [-0.2, -0.15) is 0 Å². The predicted octanol–water partition coefficient (Wildman–Crippen LogP) is 1.52. The summed E-state index contributed by atoms with van der Waals surface area (Å²) in [5.74, 6) is 0. The van der Waals surface area contributed by atoms with Crippen molar-refractivity contribution in [1.29, 1.82) is 0 Å². The van der Waals surface area contributed by atoms with Crippen molar-refractivity contribution < 1.29 is 0 Å². The van der Waals surface area contributed by atoms with Gasteiger partial charge < -0.3 is 5.32 Å². The Kier molecular flexibility index (Phi) is 3.80. The molecule has 1 aliphatic rings. The summed E-state index contributed by atoms with van der Waals surface area (Å²) in [6.45, 7) is 0.242. The third kappa shape index (κ3) is 3.16. The smallest absolute Gasteiger partial charge is 0.0910 e. The molecule has 0 saturated heterocycles. The number of hydrogen-bond acceptors (Lipinski definition) is 1. The zero-order chi connectivity index (χ0) is 8.10. The van der Waals surface area contributed by atoms with Crippen LogP contribution in [0.3, 0.4) is 0 Å². The second-order valence-corrected chi connectivity index (χ2v) is 3.57. The zero-order valence-electron chi connectivity index (χ0n) is 6.73. The van der Waals surface area contributed by atoms with Gasteiger partial charge in [-0.05, 0) is 12.8 Å². The van der Waals surface area contributed by atoms with Crippen molar-refractivity contribution in [2.75, 3.05) is 6.54 Å². The molecule has 1 aliphatic carbocycles. The third-order valence-corrected chi connectivity index (χ3v) is 2.39. The molecule has 2 nitrogen and oxygen atoms in total. The summed E-state index contributed by atoms with van der Waals surface area (Å²) in [5.41, 5.74) is 7.02. The highest BCUT2D eigenvalue weighted by Crippen LogP contribution is 2.17. The molecule has 0 spiro atoms. The Bertz CT molecular complexity index is 130. The van der Waals surface area contributed by atoms with Gasteiger partial charge in [0.15, 0.2) is 0 Å². The number of hydrogen-bond donors (Lipinski definition) is 1. The predicted molar refractivity (Wildman–Crippen MR) is 50.6 cm³/mol. The molecule has 0 aromatic heterocycles. The second-order valence-electron chi connectivity index (χ2n) is 3.08. The molecule has 1 rings (SSSR count). The van der Waals surface area contributed by atoms with Crippen molar-refractivity contribution in [3.63, 3.8) is 0 Å². The molecule has 0 aromatic carbocycles. The van der Waals surface area contributed by atoms with Crippen LogP contribution < -0.4 is 11.1 Å². The summed E-state index contributed by atoms with van der Waals surface area (Å²) in [5, 5.41) is 3.21. The quantitative estimate of drug-likeness (QED) is 0.639. The van der Waals surface area contributed by atoms with Gasteiger partial charge in [0.25, 0.3) is 0 Å². The van der Waals surface area contributed by atoms with Gasteiger partial charge in [-0.15, -0.1) is 0 Å². The van der Waals surface area contributed by atoms with Gasteiger partial charge in [0.1, 0.15) is 0 Å². The summed E-state index contributed by atoms with van der Waals surface area (Å²) in [4.78, 5) is 0.705. The molecule has 3 heteroatoms. The van der Waals surface area contributed by atoms with E-state index in [1.54, 1.807) is 0 Å². The van der Waals surface area contributed by atoms with E-state index in [0.717, 1.165) is 0 Å². The van der Waals surface area contributed by atoms with Crippen molar-refractivity contribution >= 4 is 17.2 Å². The first kappa shape index (κ1) is 8.94. The van der Waals surface area contributed by atoms with Crippen LogP contribution in [0.5, 0.6) is 0 Å². The van der Waals surface area contributed by atoms with Crippen molar-refractivity contribution in [2.24, 2.45) is 0 Å². The zero-order valence-corrected chi connectivity index (χ0v) is 7.54. The van der Waals surface area contributed by atoms with Crippen molar-refractivity contribution in [1.82, 2.24) is 11.1 Å². The highest BCUT2D eigenvalue weighted by Gasteiger charge is 2.12. The Morgan fingerprint density at radius 1 is 1.36 bits per heavy atom. The topological polar surface area (TPSA) is 35.8 Å². The minimum absolute atomic E-state index is 0.242. The summed E-state index contributed by atoms with van der Waals surface area (Å²) < 4.78 is 0. The van der Waals surface area contributed by atoms with Crippen molar-refractivity contribution in [3.05, 3.63) is 0 Å². The van der Waals surface area contributed by atoms with Gasteiger partial charge in [0, 0.05) is 6.04 Å². The van der Waals surface area contributed by atoms with Crippen LogP contribution in [0.2, 0.25) is 0 Å². The lowest BCUT2D eigenvalue weighted by atomic mass is 9.95. The van der Waals surface area contributed by atoms with Gasteiger partial charge in [0.2, 0.25) is 0 Å². The molecule has 1 radical (unpaired) electrons. The molecular weight excluding hydrogens is 156 g/mol. The molecule has 0 amide bonds. The van der Waals surface area contributed by atoms with E-state index >= 15 is 0 Å². The third-order valence-electron chi connectivity index (χ3n) is 2.13. The van der Waals surface area contributed by atoms with E-state index in [2.05, 4.69) is 5.32 Å². The largest absolute Gasteiger partial charge is 0.376 e. The number of rotatable bonds is 2. The molecule has 2 N–H and O–H groups in total. The fourth-order valence-electron chi connectivity index (χ4n) is 1.53. The Morgan fingerprint density at radius 3 is 2.55 bits per heavy atom. The molecule has 63 valence electrons. The maximum absolute atomic E-state index is 7.02. The average molecular weight is 171 g/mol. The molecule has 0 heterocycles. The molecule has 0 bridgehead atoms. The normalized spacial score (nSPS) is 19.7. The lowest BCUT2D eigenvalue weighted by Gasteiger charge is -2.23. The summed E-state index contributed by atoms with van der Waals surface area (Å²) in [6.07, 6.45) is 6.47. The van der Waals surface area contributed by atoms with E-state index in [-0.39, 0.29) is 6.54 Å². The summed E-state index contributed by atoms with van der Waals surface area (Å²) in [6, 6.07) is 0.571. The highest BCUT2D eigenvalue weighted by atomic mass is 32.1. The molecule has 0 unspecified atom stereocenters. The second kappa shape index (κ2) is 4.67. The van der Waals surface area contributed by atoms with Gasteiger partial charge in [-0.1, -0.05) is 31.5 Å². The van der Waals surface area contributed by atoms with Crippen LogP contribution in [0.1, 0.15) is 32.1 Å². The molecule has 0 atom stereocenters. The van der Waals surface area contributed by atoms with E-state index in [4.69, 9.17) is 18.0 Å². The van der Waals surface area contributed by atoms with Gasteiger partial charge in [-0.3, -0.25) is 5.73 Å². The Hall–Kier alpha value is -0.150. The molecule has 1 fully saturated rings. The van der Waals surface area contributed by atoms with E-state index in [0.29, 0.717) is 11.0 Å². The Labute approximate surface area is 73.5 Å². The van der Waals surface area contributed by atoms with E-state index in [1.165, 1.54) is 32.1 Å². The van der Waals surface area contributed by atoms with Crippen LogP contribution in [-0.2, 0) is 0 Å².